The Labute approximate surface area is 318 Å². The Kier molecular flexibility index (Phi) is 7.08. The van der Waals surface area contributed by atoms with Crippen LogP contribution in [0.1, 0.15) is 17.2 Å². The van der Waals surface area contributed by atoms with E-state index in [9.17, 15) is 0 Å². The SMILES string of the molecule is C=C1C(c2ccccc2)=c2ccccc2=NC1c1ccc2c(c1)oc1c(-n3c4cc(-c5ccccc5)ccc4c4ccc(-c5ccccc5)cc43)cccc12. The summed E-state index contributed by atoms with van der Waals surface area (Å²) in [6.45, 7) is 4.65. The highest BCUT2D eigenvalue weighted by molar-refractivity contribution is 6.14. The lowest BCUT2D eigenvalue weighted by molar-refractivity contribution is 0.664. The van der Waals surface area contributed by atoms with Crippen LogP contribution in [0.15, 0.2) is 210 Å². The van der Waals surface area contributed by atoms with E-state index < -0.39 is 0 Å². The number of para-hydroxylation sites is 2. The van der Waals surface area contributed by atoms with E-state index in [2.05, 4.69) is 199 Å². The van der Waals surface area contributed by atoms with Gasteiger partial charge in [-0.2, -0.15) is 0 Å². The van der Waals surface area contributed by atoms with Crippen LogP contribution in [0.3, 0.4) is 0 Å². The first-order valence-corrected chi connectivity index (χ1v) is 18.8. The predicted octanol–water partition coefficient (Wildman–Crippen LogP) is 12.1. The summed E-state index contributed by atoms with van der Waals surface area (Å²) in [5.41, 5.74) is 14.0. The summed E-state index contributed by atoms with van der Waals surface area (Å²) < 4.78 is 9.38. The van der Waals surface area contributed by atoms with Gasteiger partial charge in [-0.1, -0.05) is 164 Å². The third-order valence-electron chi connectivity index (χ3n) is 11.2. The summed E-state index contributed by atoms with van der Waals surface area (Å²) in [4.78, 5) is 5.26. The van der Waals surface area contributed by atoms with Crippen molar-refractivity contribution >= 4 is 49.3 Å². The molecule has 10 aromatic rings. The molecule has 0 fully saturated rings. The Bertz CT molecular complexity index is 3170. The molecule has 0 saturated heterocycles. The molecule has 0 spiro atoms. The van der Waals surface area contributed by atoms with E-state index in [-0.39, 0.29) is 6.04 Å². The summed E-state index contributed by atoms with van der Waals surface area (Å²) >= 11 is 0. The second kappa shape index (κ2) is 12.4. The molecule has 8 aromatic carbocycles. The minimum atomic E-state index is -0.243. The van der Waals surface area contributed by atoms with Crippen LogP contribution in [0.2, 0.25) is 0 Å². The molecule has 3 heteroatoms. The van der Waals surface area contributed by atoms with E-state index in [1.807, 2.05) is 0 Å². The number of hydrogen-bond acceptors (Lipinski definition) is 2. The van der Waals surface area contributed by atoms with Crippen LogP contribution < -0.4 is 10.6 Å². The number of fused-ring (bicyclic) bond motifs is 7. The number of furan rings is 1. The number of nitrogens with zero attached hydrogens (tertiary/aromatic N) is 2. The van der Waals surface area contributed by atoms with Crippen molar-refractivity contribution in [2.75, 3.05) is 0 Å². The summed E-state index contributed by atoms with van der Waals surface area (Å²) in [6.07, 6.45) is 0. The summed E-state index contributed by atoms with van der Waals surface area (Å²) in [7, 11) is 0. The largest absolute Gasteiger partial charge is 0.454 e. The number of benzene rings is 8. The van der Waals surface area contributed by atoms with Crippen molar-refractivity contribution < 1.29 is 4.42 Å². The molecule has 258 valence electrons. The Morgan fingerprint density at radius 3 is 1.71 bits per heavy atom. The molecule has 3 heterocycles. The van der Waals surface area contributed by atoms with Crippen LogP contribution in [0.25, 0.3) is 77.3 Å². The molecule has 0 bridgehead atoms. The molecule has 55 heavy (non-hydrogen) atoms. The highest BCUT2D eigenvalue weighted by atomic mass is 16.3. The van der Waals surface area contributed by atoms with Crippen molar-refractivity contribution in [3.63, 3.8) is 0 Å². The molecule has 0 N–H and O–H groups in total. The molecule has 2 aromatic heterocycles. The molecular weight excluding hydrogens is 669 g/mol. The lowest BCUT2D eigenvalue weighted by Crippen LogP contribution is -2.33. The van der Waals surface area contributed by atoms with Gasteiger partial charge in [0.05, 0.1) is 22.1 Å². The van der Waals surface area contributed by atoms with Gasteiger partial charge in [-0.3, -0.25) is 4.99 Å². The maximum Gasteiger partial charge on any atom is 0.159 e. The number of rotatable bonds is 5. The van der Waals surface area contributed by atoms with Gasteiger partial charge < -0.3 is 8.98 Å². The average Bonchev–Trinajstić information content (AvgIpc) is 3.79. The van der Waals surface area contributed by atoms with E-state index in [0.717, 1.165) is 71.5 Å². The molecule has 3 nitrogen and oxygen atoms in total. The second-order valence-corrected chi connectivity index (χ2v) is 14.4. The molecular formula is C52H34N2O. The zero-order valence-corrected chi connectivity index (χ0v) is 30.0. The van der Waals surface area contributed by atoms with Crippen molar-refractivity contribution in [1.82, 2.24) is 4.57 Å². The highest BCUT2D eigenvalue weighted by Crippen LogP contribution is 2.42. The van der Waals surface area contributed by atoms with Gasteiger partial charge in [0.2, 0.25) is 0 Å². The summed E-state index contributed by atoms with van der Waals surface area (Å²) in [5, 5.41) is 6.64. The van der Waals surface area contributed by atoms with Gasteiger partial charge in [-0.05, 0) is 74.9 Å². The van der Waals surface area contributed by atoms with Crippen LogP contribution in [-0.4, -0.2) is 4.57 Å². The van der Waals surface area contributed by atoms with Gasteiger partial charge in [0.25, 0.3) is 0 Å². The highest BCUT2D eigenvalue weighted by Gasteiger charge is 2.25. The summed E-state index contributed by atoms with van der Waals surface area (Å²) in [6, 6.07) is 66.6. The smallest absolute Gasteiger partial charge is 0.159 e. The Hall–Kier alpha value is -7.23. The molecule has 0 amide bonds. The predicted molar refractivity (Wildman–Crippen MR) is 227 cm³/mol. The van der Waals surface area contributed by atoms with E-state index in [1.165, 1.54) is 33.0 Å². The van der Waals surface area contributed by atoms with Crippen molar-refractivity contribution in [2.24, 2.45) is 4.99 Å². The van der Waals surface area contributed by atoms with Crippen LogP contribution >= 0.6 is 0 Å². The zero-order chi connectivity index (χ0) is 36.5. The molecule has 0 saturated carbocycles. The minimum absolute atomic E-state index is 0.243. The van der Waals surface area contributed by atoms with Crippen LogP contribution in [-0.2, 0) is 0 Å². The fourth-order valence-electron chi connectivity index (χ4n) is 8.59. The van der Waals surface area contributed by atoms with Gasteiger partial charge >= 0.3 is 0 Å². The Morgan fingerprint density at radius 1 is 0.473 bits per heavy atom. The molecule has 1 unspecified atom stereocenters. The maximum absolute atomic E-state index is 6.98. The van der Waals surface area contributed by atoms with Gasteiger partial charge in [-0.15, -0.1) is 0 Å². The van der Waals surface area contributed by atoms with E-state index in [0.29, 0.717) is 0 Å². The van der Waals surface area contributed by atoms with E-state index >= 15 is 0 Å². The Balaban J connectivity index is 1.12. The Morgan fingerprint density at radius 2 is 1.05 bits per heavy atom. The molecule has 11 rings (SSSR count). The lowest BCUT2D eigenvalue weighted by atomic mass is 9.86. The van der Waals surface area contributed by atoms with Crippen LogP contribution in [0.5, 0.6) is 0 Å². The maximum atomic E-state index is 6.98. The standard InChI is InChI=1S/C52H34N2O/c1-33-50(36-18-9-4-10-19-36)44-20-11-12-22-45(44)53-51(33)39-26-29-42-43-21-13-23-46(52(43)55-49(42)32-39)54-47-30-37(34-14-5-2-6-15-34)24-27-40(47)41-28-25-38(31-48(41)54)35-16-7-3-8-17-35/h2-32,51H,1H2. The average molecular weight is 703 g/mol. The quantitative estimate of drug-likeness (QED) is 0.176. The molecule has 1 aliphatic heterocycles. The molecule has 1 atom stereocenters. The van der Waals surface area contributed by atoms with Crippen molar-refractivity contribution in [2.45, 2.75) is 6.04 Å². The minimum Gasteiger partial charge on any atom is -0.454 e. The molecule has 0 aliphatic carbocycles. The van der Waals surface area contributed by atoms with Gasteiger partial charge in [-0.25, -0.2) is 0 Å². The monoisotopic (exact) mass is 702 g/mol. The molecule has 0 radical (unpaired) electrons. The first-order chi connectivity index (χ1) is 27.2. The summed E-state index contributed by atoms with van der Waals surface area (Å²) in [5.74, 6) is 0. The van der Waals surface area contributed by atoms with Crippen molar-refractivity contribution in [3.05, 3.63) is 222 Å². The van der Waals surface area contributed by atoms with Gasteiger partial charge in [0, 0.05) is 26.8 Å². The van der Waals surface area contributed by atoms with Crippen molar-refractivity contribution in [3.8, 4) is 27.9 Å². The zero-order valence-electron chi connectivity index (χ0n) is 30.0. The van der Waals surface area contributed by atoms with Crippen molar-refractivity contribution in [1.29, 1.82) is 0 Å². The third-order valence-corrected chi connectivity index (χ3v) is 11.2. The van der Waals surface area contributed by atoms with Gasteiger partial charge in [0.15, 0.2) is 5.58 Å². The first-order valence-electron chi connectivity index (χ1n) is 18.8. The van der Waals surface area contributed by atoms with Crippen LogP contribution in [0.4, 0.5) is 0 Å². The van der Waals surface area contributed by atoms with Gasteiger partial charge in [0.1, 0.15) is 11.6 Å². The number of hydrogen-bond donors (Lipinski definition) is 0. The number of aromatic nitrogens is 1. The fraction of sp³-hybridized carbons (Fsp3) is 0.0192. The normalized spacial score (nSPS) is 14.1. The van der Waals surface area contributed by atoms with Crippen LogP contribution in [0, 0.1) is 0 Å². The lowest BCUT2D eigenvalue weighted by Gasteiger charge is -2.23. The third kappa shape index (κ3) is 5.01. The van der Waals surface area contributed by atoms with E-state index in [1.54, 1.807) is 0 Å². The topological polar surface area (TPSA) is 30.4 Å². The first kappa shape index (κ1) is 31.3. The van der Waals surface area contributed by atoms with E-state index in [4.69, 9.17) is 9.41 Å². The molecule has 1 aliphatic rings. The fourth-order valence-corrected chi connectivity index (χ4v) is 8.59. The second-order valence-electron chi connectivity index (χ2n) is 14.4.